The number of aliphatic hydroxyl groups excluding tert-OH is 1. The molecule has 0 radical (unpaired) electrons. The van der Waals surface area contributed by atoms with Crippen LogP contribution in [-0.4, -0.2) is 51.9 Å². The molecule has 0 spiro atoms. The SMILES string of the molecule is O=C(CC[C@@H](O)[C@@H]1Cc2ccccc2CN1)c1ccc(CC(=O)N2CCCCC2)nc1. The molecule has 2 N–H and O–H groups in total. The maximum Gasteiger partial charge on any atom is 0.228 e. The van der Waals surface area contributed by atoms with Crippen LogP contribution in [-0.2, 0) is 24.2 Å². The lowest BCUT2D eigenvalue weighted by atomic mass is 9.91. The zero-order valence-electron chi connectivity index (χ0n) is 17.9. The Morgan fingerprint density at radius 1 is 1.10 bits per heavy atom. The molecule has 6 heteroatoms. The van der Waals surface area contributed by atoms with Crippen molar-refractivity contribution in [1.82, 2.24) is 15.2 Å². The van der Waals surface area contributed by atoms with E-state index in [0.29, 0.717) is 17.7 Å². The molecule has 1 aromatic carbocycles. The summed E-state index contributed by atoms with van der Waals surface area (Å²) in [6, 6.07) is 11.7. The van der Waals surface area contributed by atoms with Crippen molar-refractivity contribution in [2.75, 3.05) is 13.1 Å². The van der Waals surface area contributed by atoms with Gasteiger partial charge in [0.15, 0.2) is 5.78 Å². The highest BCUT2D eigenvalue weighted by atomic mass is 16.3. The molecule has 1 saturated heterocycles. The van der Waals surface area contributed by atoms with Crippen molar-refractivity contribution in [2.45, 2.75) is 63.6 Å². The third-order valence-electron chi connectivity index (χ3n) is 6.43. The monoisotopic (exact) mass is 421 g/mol. The van der Waals surface area contributed by atoms with Crippen LogP contribution in [0, 0.1) is 0 Å². The first-order valence-electron chi connectivity index (χ1n) is 11.3. The highest BCUT2D eigenvalue weighted by molar-refractivity contribution is 5.95. The van der Waals surface area contributed by atoms with Crippen LogP contribution in [0.2, 0.25) is 0 Å². The van der Waals surface area contributed by atoms with Crippen molar-refractivity contribution in [3.63, 3.8) is 0 Å². The Balaban J connectivity index is 1.25. The Morgan fingerprint density at radius 3 is 2.61 bits per heavy atom. The van der Waals surface area contributed by atoms with Gasteiger partial charge in [-0.15, -0.1) is 0 Å². The minimum Gasteiger partial charge on any atom is -0.391 e. The number of rotatable bonds is 7. The van der Waals surface area contributed by atoms with Gasteiger partial charge in [-0.05, 0) is 55.4 Å². The Labute approximate surface area is 183 Å². The van der Waals surface area contributed by atoms with Gasteiger partial charge in [-0.2, -0.15) is 0 Å². The van der Waals surface area contributed by atoms with E-state index < -0.39 is 6.10 Å². The number of aliphatic hydroxyl groups is 1. The van der Waals surface area contributed by atoms with E-state index >= 15 is 0 Å². The molecule has 3 heterocycles. The number of fused-ring (bicyclic) bond motifs is 1. The standard InChI is InChI=1S/C25H31N3O3/c29-23(10-11-24(30)22-14-18-6-2-3-7-19(18)16-27-22)20-8-9-21(26-17-20)15-25(31)28-12-4-1-5-13-28/h2-3,6-9,17,22,24,27,30H,1,4-5,10-16H2/t22-,24+/m0/s1. The van der Waals surface area contributed by atoms with Crippen LogP contribution in [0.5, 0.6) is 0 Å². The molecule has 0 aliphatic carbocycles. The molecule has 0 saturated carbocycles. The smallest absolute Gasteiger partial charge is 0.228 e. The van der Waals surface area contributed by atoms with Crippen LogP contribution in [0.25, 0.3) is 0 Å². The molecule has 2 aliphatic rings. The first kappa shape index (κ1) is 21.7. The van der Waals surface area contributed by atoms with Gasteiger partial charge in [-0.25, -0.2) is 0 Å². The van der Waals surface area contributed by atoms with Gasteiger partial charge in [0.05, 0.1) is 12.5 Å². The molecule has 6 nitrogen and oxygen atoms in total. The number of aromatic nitrogens is 1. The summed E-state index contributed by atoms with van der Waals surface area (Å²) in [5.41, 5.74) is 3.75. The van der Waals surface area contributed by atoms with Gasteiger partial charge < -0.3 is 15.3 Å². The summed E-state index contributed by atoms with van der Waals surface area (Å²) in [4.78, 5) is 31.2. The number of Topliss-reactive ketones (excluding diaryl/α,β-unsaturated/α-hetero) is 1. The fraction of sp³-hybridized carbons (Fsp3) is 0.480. The highest BCUT2D eigenvalue weighted by Gasteiger charge is 2.25. The van der Waals surface area contributed by atoms with Crippen LogP contribution in [0.15, 0.2) is 42.6 Å². The van der Waals surface area contributed by atoms with Gasteiger partial charge in [-0.3, -0.25) is 14.6 Å². The molecule has 0 unspecified atom stereocenters. The molecule has 1 amide bonds. The van der Waals surface area contributed by atoms with E-state index in [-0.39, 0.29) is 30.6 Å². The summed E-state index contributed by atoms with van der Waals surface area (Å²) < 4.78 is 0. The molecule has 2 aromatic rings. The number of piperidine rings is 1. The predicted molar refractivity (Wildman–Crippen MR) is 119 cm³/mol. The van der Waals surface area contributed by atoms with Crippen molar-refractivity contribution in [3.8, 4) is 0 Å². The van der Waals surface area contributed by atoms with E-state index in [0.717, 1.165) is 38.9 Å². The predicted octanol–water partition coefficient (Wildman–Crippen LogP) is 2.67. The normalized spacial score (nSPS) is 19.5. The lowest BCUT2D eigenvalue weighted by Gasteiger charge is -2.29. The van der Waals surface area contributed by atoms with E-state index in [4.69, 9.17) is 0 Å². The number of ketones is 1. The van der Waals surface area contributed by atoms with Crippen LogP contribution in [0.4, 0.5) is 0 Å². The fourth-order valence-corrected chi connectivity index (χ4v) is 4.48. The number of hydrogen-bond acceptors (Lipinski definition) is 5. The van der Waals surface area contributed by atoms with Crippen molar-refractivity contribution in [2.24, 2.45) is 0 Å². The summed E-state index contributed by atoms with van der Waals surface area (Å²) >= 11 is 0. The van der Waals surface area contributed by atoms with Gasteiger partial charge in [-0.1, -0.05) is 24.3 Å². The van der Waals surface area contributed by atoms with Crippen LogP contribution in [0.3, 0.4) is 0 Å². The van der Waals surface area contributed by atoms with E-state index in [1.165, 1.54) is 17.5 Å². The second-order valence-corrected chi connectivity index (χ2v) is 8.65. The molecule has 2 atom stereocenters. The number of likely N-dealkylation sites (tertiary alicyclic amines) is 1. The highest BCUT2D eigenvalue weighted by Crippen LogP contribution is 2.20. The third-order valence-corrected chi connectivity index (χ3v) is 6.43. The fourth-order valence-electron chi connectivity index (χ4n) is 4.48. The number of nitrogens with one attached hydrogen (secondary N) is 1. The van der Waals surface area contributed by atoms with Crippen molar-refractivity contribution >= 4 is 11.7 Å². The van der Waals surface area contributed by atoms with Gasteiger partial charge >= 0.3 is 0 Å². The van der Waals surface area contributed by atoms with E-state index in [9.17, 15) is 14.7 Å². The molecule has 31 heavy (non-hydrogen) atoms. The number of benzene rings is 1. The Kier molecular flexibility index (Phi) is 7.10. The number of pyridine rings is 1. The van der Waals surface area contributed by atoms with Crippen LogP contribution >= 0.6 is 0 Å². The minimum absolute atomic E-state index is 0.0309. The zero-order valence-corrected chi connectivity index (χ0v) is 17.9. The minimum atomic E-state index is -0.577. The van der Waals surface area contributed by atoms with E-state index in [1.54, 1.807) is 18.3 Å². The molecule has 0 bridgehead atoms. The molecule has 164 valence electrons. The quantitative estimate of drug-likeness (QED) is 0.672. The molecule has 4 rings (SSSR count). The Morgan fingerprint density at radius 2 is 1.87 bits per heavy atom. The number of carbonyl (C=O) groups excluding carboxylic acids is 2. The lowest BCUT2D eigenvalue weighted by Crippen LogP contribution is -2.44. The van der Waals surface area contributed by atoms with E-state index in [1.807, 2.05) is 17.0 Å². The van der Waals surface area contributed by atoms with Crippen LogP contribution in [0.1, 0.15) is 59.3 Å². The second-order valence-electron chi connectivity index (χ2n) is 8.65. The zero-order chi connectivity index (χ0) is 21.6. The van der Waals surface area contributed by atoms with Crippen LogP contribution < -0.4 is 5.32 Å². The lowest BCUT2D eigenvalue weighted by molar-refractivity contribution is -0.131. The van der Waals surface area contributed by atoms with Gasteiger partial charge in [0.25, 0.3) is 0 Å². The van der Waals surface area contributed by atoms with Gasteiger partial charge in [0.1, 0.15) is 0 Å². The Bertz CT molecular complexity index is 906. The van der Waals surface area contributed by atoms with Gasteiger partial charge in [0, 0.05) is 49.6 Å². The van der Waals surface area contributed by atoms with Crippen molar-refractivity contribution < 1.29 is 14.7 Å². The maximum atomic E-state index is 12.6. The molecule has 2 aliphatic heterocycles. The summed E-state index contributed by atoms with van der Waals surface area (Å²) in [6.45, 7) is 2.41. The second kappa shape index (κ2) is 10.2. The number of amides is 1. The maximum absolute atomic E-state index is 12.6. The number of carbonyl (C=O) groups is 2. The largest absolute Gasteiger partial charge is 0.391 e. The molecular weight excluding hydrogens is 390 g/mol. The summed E-state index contributed by atoms with van der Waals surface area (Å²) in [7, 11) is 0. The first-order valence-corrected chi connectivity index (χ1v) is 11.3. The van der Waals surface area contributed by atoms with Gasteiger partial charge in [0.2, 0.25) is 5.91 Å². The third kappa shape index (κ3) is 5.57. The average molecular weight is 422 g/mol. The number of nitrogens with zero attached hydrogens (tertiary/aromatic N) is 2. The van der Waals surface area contributed by atoms with E-state index in [2.05, 4.69) is 22.4 Å². The molecular formula is C25H31N3O3. The van der Waals surface area contributed by atoms with Crippen molar-refractivity contribution in [3.05, 3.63) is 65.0 Å². The van der Waals surface area contributed by atoms with Crippen molar-refractivity contribution in [1.29, 1.82) is 0 Å². The average Bonchev–Trinajstić information content (AvgIpc) is 2.83. The molecule has 1 fully saturated rings. The summed E-state index contributed by atoms with van der Waals surface area (Å²) in [6.07, 6.45) is 6.05. The summed E-state index contributed by atoms with van der Waals surface area (Å²) in [5.74, 6) is 0.0765. The Hall–Kier alpha value is -2.57. The number of hydrogen-bond donors (Lipinski definition) is 2. The first-order chi connectivity index (χ1) is 15.1. The topological polar surface area (TPSA) is 82.5 Å². The molecule has 1 aromatic heterocycles. The summed E-state index contributed by atoms with van der Waals surface area (Å²) in [5, 5.41) is 14.0.